The first-order valence-corrected chi connectivity index (χ1v) is 14.6. The van der Waals surface area contributed by atoms with E-state index in [4.69, 9.17) is 0 Å². The minimum Gasteiger partial charge on any atom is -0.307 e. The number of nitriles is 2. The highest BCUT2D eigenvalue weighted by Crippen LogP contribution is 2.43. The quantitative estimate of drug-likeness (QED) is 0.219. The zero-order valence-corrected chi connectivity index (χ0v) is 23.2. The maximum absolute atomic E-state index is 10.4. The van der Waals surface area contributed by atoms with Crippen molar-refractivity contribution in [2.24, 2.45) is 0 Å². The molecule has 8 aromatic rings. The van der Waals surface area contributed by atoms with Gasteiger partial charge >= 0.3 is 0 Å². The van der Waals surface area contributed by atoms with Crippen molar-refractivity contribution in [3.63, 3.8) is 0 Å². The number of rotatable bonds is 3. The predicted molar refractivity (Wildman–Crippen MR) is 174 cm³/mol. The Kier molecular flexibility index (Phi) is 5.44. The van der Waals surface area contributed by atoms with Crippen LogP contribution in [0.4, 0.5) is 0 Å². The third-order valence-corrected chi connectivity index (χ3v) is 9.25. The molecule has 6 aromatic carbocycles. The fourth-order valence-electron chi connectivity index (χ4n) is 6.32. The molecule has 8 rings (SSSR count). The maximum atomic E-state index is 10.4. The summed E-state index contributed by atoms with van der Waals surface area (Å²) < 4.78 is 4.67. The Morgan fingerprint density at radius 2 is 1.10 bits per heavy atom. The lowest BCUT2D eigenvalue weighted by atomic mass is 9.88. The van der Waals surface area contributed by atoms with Crippen LogP contribution in [0.25, 0.3) is 69.9 Å². The van der Waals surface area contributed by atoms with Gasteiger partial charge in [0.05, 0.1) is 33.9 Å². The average molecular weight is 552 g/mol. The Bertz CT molecular complexity index is 2390. The fourth-order valence-corrected chi connectivity index (χ4v) is 7.40. The van der Waals surface area contributed by atoms with Crippen molar-refractivity contribution in [2.45, 2.75) is 0 Å². The number of hydrogen-bond acceptors (Lipinski definition) is 3. The largest absolute Gasteiger partial charge is 0.307 e. The second-order valence-electron chi connectivity index (χ2n) is 10.3. The van der Waals surface area contributed by atoms with Crippen molar-refractivity contribution in [2.75, 3.05) is 0 Å². The number of nitrogens with zero attached hydrogens (tertiary/aromatic N) is 3. The molecule has 0 fully saturated rings. The van der Waals surface area contributed by atoms with Crippen LogP contribution in [0.15, 0.2) is 127 Å². The lowest BCUT2D eigenvalue weighted by Crippen LogP contribution is -2.02. The first-order chi connectivity index (χ1) is 20.8. The molecule has 0 N–H and O–H groups in total. The zero-order chi connectivity index (χ0) is 28.2. The molecule has 0 radical (unpaired) electrons. The molecule has 0 spiro atoms. The predicted octanol–water partition coefficient (Wildman–Crippen LogP) is 10.2. The zero-order valence-electron chi connectivity index (χ0n) is 22.4. The molecule has 0 unspecified atom stereocenters. The van der Waals surface area contributed by atoms with Crippen molar-refractivity contribution in [1.82, 2.24) is 4.57 Å². The van der Waals surface area contributed by atoms with Crippen molar-refractivity contribution in [3.8, 4) is 40.1 Å². The number of fused-ring (bicyclic) bond motifs is 6. The van der Waals surface area contributed by atoms with Crippen LogP contribution < -0.4 is 0 Å². The number of aromatic nitrogens is 1. The molecule has 0 saturated heterocycles. The van der Waals surface area contributed by atoms with E-state index in [1.807, 2.05) is 36.4 Å². The van der Waals surface area contributed by atoms with Crippen molar-refractivity contribution < 1.29 is 0 Å². The van der Waals surface area contributed by atoms with Crippen LogP contribution in [0.3, 0.4) is 0 Å². The van der Waals surface area contributed by atoms with Gasteiger partial charge in [-0.15, -0.1) is 11.3 Å². The summed E-state index contributed by atoms with van der Waals surface area (Å²) >= 11 is 1.78. The highest BCUT2D eigenvalue weighted by molar-refractivity contribution is 7.25. The summed E-state index contributed by atoms with van der Waals surface area (Å²) in [5.41, 5.74) is 7.73. The van der Waals surface area contributed by atoms with Gasteiger partial charge in [-0.05, 0) is 53.6 Å². The number of benzene rings is 6. The molecule has 0 saturated carbocycles. The molecule has 0 aliphatic heterocycles. The molecule has 4 heteroatoms. The topological polar surface area (TPSA) is 52.5 Å². The molecule has 2 heterocycles. The van der Waals surface area contributed by atoms with E-state index in [0.717, 1.165) is 49.7 Å². The molecule has 0 amide bonds. The van der Waals surface area contributed by atoms with E-state index in [-0.39, 0.29) is 0 Å². The van der Waals surface area contributed by atoms with Gasteiger partial charge in [-0.3, -0.25) is 0 Å². The molecule has 42 heavy (non-hydrogen) atoms. The third kappa shape index (κ3) is 3.50. The lowest BCUT2D eigenvalue weighted by Gasteiger charge is -2.19. The van der Waals surface area contributed by atoms with Crippen LogP contribution in [0.2, 0.25) is 0 Å². The van der Waals surface area contributed by atoms with E-state index in [9.17, 15) is 10.5 Å². The molecule has 2 aromatic heterocycles. The Balaban J connectivity index is 1.47. The van der Waals surface area contributed by atoms with E-state index in [0.29, 0.717) is 11.1 Å². The summed E-state index contributed by atoms with van der Waals surface area (Å²) in [6.45, 7) is 0. The minimum atomic E-state index is 0.576. The summed E-state index contributed by atoms with van der Waals surface area (Å²) in [6.07, 6.45) is 0. The molecule has 0 atom stereocenters. The molecular formula is C38H21N3S. The maximum Gasteiger partial charge on any atom is 0.101 e. The van der Waals surface area contributed by atoms with E-state index < -0.39 is 0 Å². The molecule has 3 nitrogen and oxygen atoms in total. The van der Waals surface area contributed by atoms with Crippen molar-refractivity contribution in [1.29, 1.82) is 10.5 Å². The van der Waals surface area contributed by atoms with Crippen LogP contribution in [-0.4, -0.2) is 4.57 Å². The first kappa shape index (κ1) is 24.1. The minimum absolute atomic E-state index is 0.576. The highest BCUT2D eigenvalue weighted by Gasteiger charge is 2.22. The number of thiophene rings is 1. The van der Waals surface area contributed by atoms with Crippen LogP contribution in [0, 0.1) is 22.7 Å². The summed E-state index contributed by atoms with van der Waals surface area (Å²) in [6, 6.07) is 48.3. The number of para-hydroxylation sites is 3. The van der Waals surface area contributed by atoms with Gasteiger partial charge < -0.3 is 4.57 Å². The van der Waals surface area contributed by atoms with Crippen LogP contribution in [0.5, 0.6) is 0 Å². The van der Waals surface area contributed by atoms with Crippen molar-refractivity contribution >= 4 is 53.3 Å². The van der Waals surface area contributed by atoms with E-state index in [1.165, 1.54) is 20.2 Å². The molecule has 0 aliphatic rings. The van der Waals surface area contributed by atoms with E-state index in [1.54, 1.807) is 11.3 Å². The number of hydrogen-bond donors (Lipinski definition) is 0. The van der Waals surface area contributed by atoms with Crippen molar-refractivity contribution in [3.05, 3.63) is 139 Å². The summed E-state index contributed by atoms with van der Waals surface area (Å²) in [4.78, 5) is 0. The Labute approximate surface area is 246 Å². The second-order valence-corrected chi connectivity index (χ2v) is 11.4. The van der Waals surface area contributed by atoms with Gasteiger partial charge in [0.2, 0.25) is 0 Å². The average Bonchev–Trinajstić information content (AvgIpc) is 3.59. The summed E-state index contributed by atoms with van der Waals surface area (Å²) in [5, 5.41) is 25.4. The lowest BCUT2D eigenvalue weighted by molar-refractivity contribution is 1.17. The van der Waals surface area contributed by atoms with Gasteiger partial charge in [-0.1, -0.05) is 84.9 Å². The standard InChI is InChI=1S/C38H21N3S/c39-22-25-9-7-14-30(37(25)24-19-20-36-32(21-24)29-13-3-6-18-35(29)42-36)31-15-8-10-26(23-40)38(31)41-33-16-4-1-11-27(33)28-12-2-5-17-34(28)41/h1-21H. The van der Waals surface area contributed by atoms with Gasteiger partial charge in [0.25, 0.3) is 0 Å². The highest BCUT2D eigenvalue weighted by atomic mass is 32.1. The monoisotopic (exact) mass is 551 g/mol. The first-order valence-electron chi connectivity index (χ1n) is 13.7. The van der Waals surface area contributed by atoms with Gasteiger partial charge in [0.1, 0.15) is 6.07 Å². The molecule has 0 aliphatic carbocycles. The van der Waals surface area contributed by atoms with Gasteiger partial charge in [-0.25, -0.2) is 0 Å². The molecule has 194 valence electrons. The summed E-state index contributed by atoms with van der Waals surface area (Å²) in [7, 11) is 0. The van der Waals surface area contributed by atoms with Crippen LogP contribution >= 0.6 is 11.3 Å². The van der Waals surface area contributed by atoms with E-state index >= 15 is 0 Å². The van der Waals surface area contributed by atoms with Gasteiger partial charge in [0.15, 0.2) is 0 Å². The van der Waals surface area contributed by atoms with E-state index in [2.05, 4.69) is 108 Å². The normalized spacial score (nSPS) is 11.3. The second kappa shape index (κ2) is 9.46. The van der Waals surface area contributed by atoms with Crippen LogP contribution in [0.1, 0.15) is 11.1 Å². The van der Waals surface area contributed by atoms with Gasteiger partial charge in [-0.2, -0.15) is 10.5 Å². The van der Waals surface area contributed by atoms with Gasteiger partial charge in [0, 0.05) is 42.1 Å². The Morgan fingerprint density at radius 1 is 0.500 bits per heavy atom. The smallest absolute Gasteiger partial charge is 0.101 e. The Hall–Kier alpha value is -5.68. The van der Waals surface area contributed by atoms with Crippen LogP contribution in [-0.2, 0) is 0 Å². The third-order valence-electron chi connectivity index (χ3n) is 8.10. The Morgan fingerprint density at radius 3 is 1.81 bits per heavy atom. The SMILES string of the molecule is N#Cc1cccc(-c2cccc(C#N)c2-n2c3ccccc3c3ccccc32)c1-c1ccc2sc3ccccc3c2c1. The molecular weight excluding hydrogens is 531 g/mol. The summed E-state index contributed by atoms with van der Waals surface area (Å²) in [5.74, 6) is 0. The molecule has 0 bridgehead atoms. The fraction of sp³-hybridized carbons (Fsp3) is 0.